The maximum Gasteiger partial charge on any atom is 0.319 e. The number of aryl methyl sites for hydroxylation is 1. The molecule has 1 aromatic heterocycles. The fraction of sp³-hybridized carbons (Fsp3) is 0.500. The number of benzene rings is 1. The van der Waals surface area contributed by atoms with E-state index in [1.54, 1.807) is 0 Å². The zero-order valence-corrected chi connectivity index (χ0v) is 14.3. The third kappa shape index (κ3) is 4.27. The molecule has 2 aromatic rings. The van der Waals surface area contributed by atoms with Gasteiger partial charge in [0.15, 0.2) is 0 Å². The quantitative estimate of drug-likeness (QED) is 0.800. The van der Waals surface area contributed by atoms with Gasteiger partial charge in [-0.25, -0.2) is 4.79 Å². The highest BCUT2D eigenvalue weighted by atomic mass is 16.5. The normalized spacial score (nSPS) is 15.5. The summed E-state index contributed by atoms with van der Waals surface area (Å²) in [6, 6.07) is 7.94. The number of fused-ring (bicyclic) bond motifs is 1. The monoisotopic (exact) mass is 330 g/mol. The van der Waals surface area contributed by atoms with Crippen molar-refractivity contribution in [2.24, 2.45) is 0 Å². The van der Waals surface area contributed by atoms with Crippen LogP contribution in [0, 0.1) is 0 Å². The van der Waals surface area contributed by atoms with E-state index in [1.807, 2.05) is 18.2 Å². The topological polar surface area (TPSA) is 58.5 Å². The molecule has 3 rings (SSSR count). The molecule has 0 aliphatic carbocycles. The Morgan fingerprint density at radius 3 is 2.88 bits per heavy atom. The minimum absolute atomic E-state index is 0.147. The molecule has 130 valence electrons. The van der Waals surface area contributed by atoms with Gasteiger partial charge >= 0.3 is 6.03 Å². The number of hydrogen-bond donors (Lipinski definition) is 2. The van der Waals surface area contributed by atoms with Crippen molar-refractivity contribution in [2.75, 3.05) is 44.7 Å². The Bertz CT molecular complexity index is 677. The molecule has 0 spiro atoms. The maximum absolute atomic E-state index is 12.0. The number of carbonyl (C=O) groups is 1. The van der Waals surface area contributed by atoms with Crippen molar-refractivity contribution < 1.29 is 9.53 Å². The van der Waals surface area contributed by atoms with E-state index in [1.165, 1.54) is 5.39 Å². The van der Waals surface area contributed by atoms with Crippen LogP contribution in [0.2, 0.25) is 0 Å². The van der Waals surface area contributed by atoms with Crippen molar-refractivity contribution >= 4 is 22.6 Å². The number of hydrogen-bond acceptors (Lipinski definition) is 3. The summed E-state index contributed by atoms with van der Waals surface area (Å²) >= 11 is 0. The first kappa shape index (κ1) is 16.8. The summed E-state index contributed by atoms with van der Waals surface area (Å²) in [5, 5.41) is 7.03. The van der Waals surface area contributed by atoms with E-state index >= 15 is 0 Å². The average Bonchev–Trinajstić information content (AvgIpc) is 3.02. The molecule has 6 heteroatoms. The van der Waals surface area contributed by atoms with Crippen LogP contribution >= 0.6 is 0 Å². The number of nitrogens with zero attached hydrogens (tertiary/aromatic N) is 2. The van der Waals surface area contributed by atoms with E-state index in [0.29, 0.717) is 6.54 Å². The van der Waals surface area contributed by atoms with E-state index in [2.05, 4.69) is 39.3 Å². The molecule has 1 aromatic carbocycles. The van der Waals surface area contributed by atoms with Gasteiger partial charge in [-0.15, -0.1) is 0 Å². The van der Waals surface area contributed by atoms with Crippen molar-refractivity contribution in [1.29, 1.82) is 0 Å². The van der Waals surface area contributed by atoms with Crippen LogP contribution in [-0.2, 0) is 11.3 Å². The number of amides is 2. The van der Waals surface area contributed by atoms with Crippen molar-refractivity contribution in [1.82, 2.24) is 14.8 Å². The number of rotatable bonds is 6. The summed E-state index contributed by atoms with van der Waals surface area (Å²) in [6.45, 7) is 8.32. The molecular formula is C18H26N4O2. The van der Waals surface area contributed by atoms with Gasteiger partial charge in [-0.3, -0.25) is 4.90 Å². The molecule has 2 amide bonds. The van der Waals surface area contributed by atoms with E-state index in [0.717, 1.165) is 57.0 Å². The first-order chi connectivity index (χ1) is 11.8. The SMILES string of the molecule is CCn1ccc2ccc(NC(=O)NCCCN3CCOCC3)cc21. The summed E-state index contributed by atoms with van der Waals surface area (Å²) in [6.07, 6.45) is 3.02. The van der Waals surface area contributed by atoms with Crippen molar-refractivity contribution in [2.45, 2.75) is 19.9 Å². The lowest BCUT2D eigenvalue weighted by Gasteiger charge is -2.26. The third-order valence-electron chi connectivity index (χ3n) is 4.41. The molecule has 0 bridgehead atoms. The highest BCUT2D eigenvalue weighted by Crippen LogP contribution is 2.20. The van der Waals surface area contributed by atoms with E-state index in [4.69, 9.17) is 4.74 Å². The minimum atomic E-state index is -0.147. The molecule has 0 radical (unpaired) electrons. The van der Waals surface area contributed by atoms with E-state index in [-0.39, 0.29) is 6.03 Å². The predicted octanol–water partition coefficient (Wildman–Crippen LogP) is 2.51. The Labute approximate surface area is 142 Å². The summed E-state index contributed by atoms with van der Waals surface area (Å²) in [7, 11) is 0. The van der Waals surface area contributed by atoms with E-state index < -0.39 is 0 Å². The number of morpholine rings is 1. The number of aromatic nitrogens is 1. The molecule has 2 heterocycles. The summed E-state index contributed by atoms with van der Waals surface area (Å²) < 4.78 is 7.50. The Balaban J connectivity index is 1.44. The number of urea groups is 1. The van der Waals surface area contributed by atoms with Crippen LogP contribution in [0.5, 0.6) is 0 Å². The molecule has 2 N–H and O–H groups in total. The number of carbonyl (C=O) groups excluding carboxylic acids is 1. The number of ether oxygens (including phenoxy) is 1. The molecule has 0 unspecified atom stereocenters. The Morgan fingerprint density at radius 1 is 1.25 bits per heavy atom. The molecule has 1 aliphatic heterocycles. The van der Waals surface area contributed by atoms with Gasteiger partial charge in [0.05, 0.1) is 18.7 Å². The fourth-order valence-corrected chi connectivity index (χ4v) is 3.04. The van der Waals surface area contributed by atoms with Crippen LogP contribution in [0.4, 0.5) is 10.5 Å². The first-order valence-electron chi connectivity index (χ1n) is 8.70. The highest BCUT2D eigenvalue weighted by Gasteiger charge is 2.09. The van der Waals surface area contributed by atoms with Crippen LogP contribution in [0.25, 0.3) is 10.9 Å². The van der Waals surface area contributed by atoms with Gasteiger partial charge in [-0.05, 0) is 43.5 Å². The number of anilines is 1. The molecule has 0 atom stereocenters. The van der Waals surface area contributed by atoms with Gasteiger partial charge in [0.2, 0.25) is 0 Å². The average molecular weight is 330 g/mol. The molecule has 6 nitrogen and oxygen atoms in total. The van der Waals surface area contributed by atoms with Gasteiger partial charge in [0.1, 0.15) is 0 Å². The van der Waals surface area contributed by atoms with Crippen LogP contribution in [0.3, 0.4) is 0 Å². The first-order valence-corrected chi connectivity index (χ1v) is 8.70. The second kappa shape index (κ2) is 8.17. The van der Waals surface area contributed by atoms with Crippen LogP contribution in [0.15, 0.2) is 30.5 Å². The van der Waals surface area contributed by atoms with Crippen molar-refractivity contribution in [3.8, 4) is 0 Å². The molecule has 24 heavy (non-hydrogen) atoms. The number of nitrogens with one attached hydrogen (secondary N) is 2. The second-order valence-corrected chi connectivity index (χ2v) is 6.06. The second-order valence-electron chi connectivity index (χ2n) is 6.06. The third-order valence-corrected chi connectivity index (χ3v) is 4.41. The Morgan fingerprint density at radius 2 is 2.08 bits per heavy atom. The van der Waals surface area contributed by atoms with Gasteiger partial charge in [-0.1, -0.05) is 6.07 Å². The molecule has 1 fully saturated rings. The summed E-state index contributed by atoms with van der Waals surface area (Å²) in [4.78, 5) is 14.4. The zero-order chi connectivity index (χ0) is 16.8. The van der Waals surface area contributed by atoms with Crippen LogP contribution < -0.4 is 10.6 Å². The predicted molar refractivity (Wildman–Crippen MR) is 96.5 cm³/mol. The fourth-order valence-electron chi connectivity index (χ4n) is 3.04. The largest absolute Gasteiger partial charge is 0.379 e. The van der Waals surface area contributed by atoms with Crippen LogP contribution in [0.1, 0.15) is 13.3 Å². The lowest BCUT2D eigenvalue weighted by molar-refractivity contribution is 0.0375. The van der Waals surface area contributed by atoms with Crippen molar-refractivity contribution in [3.63, 3.8) is 0 Å². The minimum Gasteiger partial charge on any atom is -0.379 e. The standard InChI is InChI=1S/C18H26N4O2/c1-2-22-9-6-15-4-5-16(14-17(15)22)20-18(23)19-7-3-8-21-10-12-24-13-11-21/h4-6,9,14H,2-3,7-8,10-13H2,1H3,(H2,19,20,23). The maximum atomic E-state index is 12.0. The van der Waals surface area contributed by atoms with Crippen LogP contribution in [-0.4, -0.2) is 54.9 Å². The van der Waals surface area contributed by atoms with E-state index in [9.17, 15) is 4.79 Å². The lowest BCUT2D eigenvalue weighted by Crippen LogP contribution is -2.38. The Kier molecular flexibility index (Phi) is 5.72. The molecular weight excluding hydrogens is 304 g/mol. The zero-order valence-electron chi connectivity index (χ0n) is 14.3. The van der Waals surface area contributed by atoms with Gasteiger partial charge < -0.3 is 19.9 Å². The lowest BCUT2D eigenvalue weighted by atomic mass is 10.2. The van der Waals surface area contributed by atoms with Crippen molar-refractivity contribution in [3.05, 3.63) is 30.5 Å². The van der Waals surface area contributed by atoms with Gasteiger partial charge in [-0.2, -0.15) is 0 Å². The molecule has 1 aliphatic rings. The summed E-state index contributed by atoms with van der Waals surface area (Å²) in [5.74, 6) is 0. The summed E-state index contributed by atoms with van der Waals surface area (Å²) in [5.41, 5.74) is 1.96. The smallest absolute Gasteiger partial charge is 0.319 e. The molecule has 1 saturated heterocycles. The van der Waals surface area contributed by atoms with Gasteiger partial charge in [0.25, 0.3) is 0 Å². The van der Waals surface area contributed by atoms with Gasteiger partial charge in [0, 0.05) is 38.1 Å². The Hall–Kier alpha value is -2.05. The molecule has 0 saturated carbocycles. The highest BCUT2D eigenvalue weighted by molar-refractivity contribution is 5.92.